The molecule has 4 heteroatoms. The predicted octanol–water partition coefficient (Wildman–Crippen LogP) is 6.38. The van der Waals surface area contributed by atoms with Crippen molar-refractivity contribution in [2.45, 2.75) is 45.6 Å². The number of hydrogen-bond acceptors (Lipinski definition) is 2. The highest BCUT2D eigenvalue weighted by atomic mass is 79.9. The highest BCUT2D eigenvalue weighted by Crippen LogP contribution is 2.11. The summed E-state index contributed by atoms with van der Waals surface area (Å²) in [6.07, 6.45) is 8.95. The van der Waals surface area contributed by atoms with E-state index < -0.39 is 6.10 Å². The van der Waals surface area contributed by atoms with E-state index in [-0.39, 0.29) is 0 Å². The van der Waals surface area contributed by atoms with Gasteiger partial charge in [-0.25, -0.2) is 0 Å². The number of unbranched alkanes of at least 4 members (excludes halogenated alkanes) is 1. The third-order valence-electron chi connectivity index (χ3n) is 3.17. The maximum Gasteiger partial charge on any atom is 0.119 e. The van der Waals surface area contributed by atoms with Gasteiger partial charge in [0.2, 0.25) is 0 Å². The first-order valence-electron chi connectivity index (χ1n) is 9.07. The van der Waals surface area contributed by atoms with Gasteiger partial charge in [0.15, 0.2) is 0 Å². The van der Waals surface area contributed by atoms with Crippen LogP contribution >= 0.6 is 31.9 Å². The summed E-state index contributed by atoms with van der Waals surface area (Å²) in [6.45, 7) is 4.01. The van der Waals surface area contributed by atoms with Crippen LogP contribution in [-0.4, -0.2) is 17.5 Å². The molecule has 2 rings (SSSR count). The van der Waals surface area contributed by atoms with Gasteiger partial charge in [-0.2, -0.15) is 0 Å². The summed E-state index contributed by atoms with van der Waals surface area (Å²) < 4.78 is 2.03. The van der Waals surface area contributed by atoms with Gasteiger partial charge in [0.05, 0.1) is 0 Å². The molecule has 2 aromatic carbocycles. The first-order chi connectivity index (χ1) is 13.5. The quantitative estimate of drug-likeness (QED) is 0.386. The molecule has 0 aromatic heterocycles. The molecule has 0 saturated carbocycles. The van der Waals surface area contributed by atoms with Crippen molar-refractivity contribution in [3.05, 3.63) is 68.6 Å². The molecule has 0 radical (unpaired) electrons. The Labute approximate surface area is 186 Å². The molecule has 28 heavy (non-hydrogen) atoms. The lowest BCUT2D eigenvalue weighted by molar-refractivity contribution is -0.107. The van der Waals surface area contributed by atoms with E-state index >= 15 is 0 Å². The van der Waals surface area contributed by atoms with Crippen molar-refractivity contribution in [3.8, 4) is 24.2 Å². The van der Waals surface area contributed by atoms with Crippen LogP contribution in [0.5, 0.6) is 0 Å². The molecule has 1 N–H and O–H groups in total. The summed E-state index contributed by atoms with van der Waals surface area (Å²) in [7, 11) is 0. The fourth-order valence-corrected chi connectivity index (χ4v) is 2.57. The van der Waals surface area contributed by atoms with E-state index in [9.17, 15) is 9.90 Å². The van der Waals surface area contributed by atoms with Crippen LogP contribution in [0.2, 0.25) is 0 Å². The summed E-state index contributed by atoms with van der Waals surface area (Å²) in [5.74, 6) is 8.29. The van der Waals surface area contributed by atoms with Gasteiger partial charge in [-0.1, -0.05) is 82.0 Å². The zero-order valence-electron chi connectivity index (χ0n) is 16.3. The van der Waals surface area contributed by atoms with Crippen molar-refractivity contribution in [1.82, 2.24) is 0 Å². The number of carbonyl (C=O) groups excluding carboxylic acids is 1. The summed E-state index contributed by atoms with van der Waals surface area (Å²) in [4.78, 5) is 9.40. The van der Waals surface area contributed by atoms with Crippen molar-refractivity contribution in [2.24, 2.45) is 0 Å². The van der Waals surface area contributed by atoms with E-state index in [1.54, 1.807) is 0 Å². The van der Waals surface area contributed by atoms with E-state index in [4.69, 9.17) is 6.42 Å². The van der Waals surface area contributed by atoms with Crippen LogP contribution in [0, 0.1) is 24.2 Å². The molecule has 0 aliphatic carbocycles. The normalized spacial score (nSPS) is 9.86. The maximum atomic E-state index is 9.40. The lowest BCUT2D eigenvalue weighted by Crippen LogP contribution is -2.00. The smallest absolute Gasteiger partial charge is 0.119 e. The number of hydrogen-bond donors (Lipinski definition) is 1. The number of terminal acetylenes is 1. The Morgan fingerprint density at radius 3 is 2.00 bits per heavy atom. The fourth-order valence-electron chi connectivity index (χ4n) is 1.77. The number of benzene rings is 2. The maximum absolute atomic E-state index is 9.40. The number of carbonyl (C=O) groups is 1. The lowest BCUT2D eigenvalue weighted by atomic mass is 10.2. The zero-order chi connectivity index (χ0) is 21.2. The predicted molar refractivity (Wildman–Crippen MR) is 125 cm³/mol. The first kappa shape index (κ1) is 26.1. The van der Waals surface area contributed by atoms with Crippen molar-refractivity contribution >= 4 is 38.1 Å². The fraction of sp³-hybridized carbons (Fsp3) is 0.292. The number of halogens is 2. The Morgan fingerprint density at radius 2 is 1.61 bits per heavy atom. The minimum absolute atomic E-state index is 0.501. The highest BCUT2D eigenvalue weighted by Gasteiger charge is 1.95. The van der Waals surface area contributed by atoms with Gasteiger partial charge in [0.25, 0.3) is 0 Å². The number of rotatable bonds is 4. The largest absolute Gasteiger partial charge is 0.380 e. The topological polar surface area (TPSA) is 37.3 Å². The van der Waals surface area contributed by atoms with Crippen LogP contribution in [0.25, 0.3) is 0 Å². The third-order valence-corrected chi connectivity index (χ3v) is 4.15. The van der Waals surface area contributed by atoms with E-state index in [0.717, 1.165) is 45.6 Å². The second-order valence-corrected chi connectivity index (χ2v) is 7.53. The van der Waals surface area contributed by atoms with Crippen LogP contribution in [0.1, 0.15) is 50.7 Å². The van der Waals surface area contributed by atoms with Gasteiger partial charge in [-0.05, 0) is 49.2 Å². The molecule has 2 nitrogen and oxygen atoms in total. The molecular weight excluding hydrogens is 480 g/mol. The van der Waals surface area contributed by atoms with Crippen LogP contribution in [0.15, 0.2) is 57.5 Å². The SMILES string of the molecule is C#Cc1cccc(Br)c1.CCCC(O)C#Cc1cccc(Br)c1.CCCC=O. The molecule has 0 amide bonds. The van der Waals surface area contributed by atoms with E-state index in [1.165, 1.54) is 0 Å². The van der Waals surface area contributed by atoms with E-state index in [0.29, 0.717) is 6.42 Å². The second kappa shape index (κ2) is 17.3. The van der Waals surface area contributed by atoms with Crippen LogP contribution < -0.4 is 0 Å². The molecular formula is C24H26Br2O2. The molecule has 0 saturated heterocycles. The van der Waals surface area contributed by atoms with E-state index in [2.05, 4.69) is 49.6 Å². The molecule has 0 aliphatic heterocycles. The summed E-state index contributed by atoms with van der Waals surface area (Å²) in [6, 6.07) is 15.4. The van der Waals surface area contributed by atoms with Crippen molar-refractivity contribution < 1.29 is 9.90 Å². The molecule has 0 bridgehead atoms. The first-order valence-corrected chi connectivity index (χ1v) is 10.7. The van der Waals surface area contributed by atoms with Gasteiger partial charge in [0.1, 0.15) is 12.4 Å². The highest BCUT2D eigenvalue weighted by molar-refractivity contribution is 9.10. The summed E-state index contributed by atoms with van der Waals surface area (Å²) in [5.41, 5.74) is 1.83. The van der Waals surface area contributed by atoms with Crippen molar-refractivity contribution in [1.29, 1.82) is 0 Å². The zero-order valence-corrected chi connectivity index (χ0v) is 19.5. The van der Waals surface area contributed by atoms with Crippen LogP contribution in [0.3, 0.4) is 0 Å². The van der Waals surface area contributed by atoms with Crippen molar-refractivity contribution in [3.63, 3.8) is 0 Å². The van der Waals surface area contributed by atoms with E-state index in [1.807, 2.05) is 62.4 Å². The summed E-state index contributed by atoms with van der Waals surface area (Å²) in [5, 5.41) is 9.39. The summed E-state index contributed by atoms with van der Waals surface area (Å²) >= 11 is 6.68. The average molecular weight is 506 g/mol. The monoisotopic (exact) mass is 504 g/mol. The minimum Gasteiger partial charge on any atom is -0.380 e. The lowest BCUT2D eigenvalue weighted by Gasteiger charge is -1.97. The Bertz CT molecular complexity index is 798. The molecule has 0 spiro atoms. The number of aldehydes is 1. The Morgan fingerprint density at radius 1 is 1.04 bits per heavy atom. The molecule has 148 valence electrons. The minimum atomic E-state index is -0.501. The third kappa shape index (κ3) is 14.2. The van der Waals surface area contributed by atoms with Crippen LogP contribution in [0.4, 0.5) is 0 Å². The molecule has 0 heterocycles. The molecule has 1 unspecified atom stereocenters. The van der Waals surface area contributed by atoms with Gasteiger partial charge < -0.3 is 9.90 Å². The van der Waals surface area contributed by atoms with Gasteiger partial charge >= 0.3 is 0 Å². The molecule has 0 fully saturated rings. The molecule has 1 atom stereocenters. The second-order valence-electron chi connectivity index (χ2n) is 5.69. The Balaban J connectivity index is 0.000000445. The standard InChI is InChI=1S/C12H13BrO.C8H5Br.C4H8O/c1-2-4-12(14)8-7-10-5-3-6-11(13)9-10;1-2-7-4-3-5-8(9)6-7;1-2-3-4-5/h3,5-6,9,12,14H,2,4H2,1H3;1,3-6H;4H,2-3H2,1H3. The van der Waals surface area contributed by atoms with Crippen LogP contribution in [-0.2, 0) is 4.79 Å². The number of aliphatic hydroxyl groups is 1. The Hall–Kier alpha value is -1.85. The Kier molecular flexibility index (Phi) is 16.1. The molecule has 0 aliphatic rings. The van der Waals surface area contributed by atoms with Gasteiger partial charge in [0, 0.05) is 26.5 Å². The number of aliphatic hydroxyl groups excluding tert-OH is 1. The average Bonchev–Trinajstić information content (AvgIpc) is 2.68. The van der Waals surface area contributed by atoms with Gasteiger partial charge in [-0.15, -0.1) is 6.42 Å². The van der Waals surface area contributed by atoms with Crippen molar-refractivity contribution in [2.75, 3.05) is 0 Å². The molecule has 2 aromatic rings. The van der Waals surface area contributed by atoms with Gasteiger partial charge in [-0.3, -0.25) is 0 Å².